The van der Waals surface area contributed by atoms with Crippen molar-refractivity contribution in [2.45, 2.75) is 0 Å². The van der Waals surface area contributed by atoms with Gasteiger partial charge in [-0.15, -0.1) is 0 Å². The lowest BCUT2D eigenvalue weighted by Gasteiger charge is -2.20. The number of nitrogens with one attached hydrogen (secondary N) is 1. The molecule has 1 aliphatic rings. The Balaban J connectivity index is 1.22. The largest absolute Gasteiger partial charge is 0.486 e. The van der Waals surface area contributed by atoms with Crippen LogP contribution in [0.25, 0.3) is 16.6 Å². The molecule has 6 rings (SSSR count). The summed E-state index contributed by atoms with van der Waals surface area (Å²) in [6.45, 7) is 0.913. The first-order valence-corrected chi connectivity index (χ1v) is 11.8. The fraction of sp³-hybridized carbons (Fsp3) is 0.0690. The number of ether oxygens (including phenoxy) is 3. The van der Waals surface area contributed by atoms with Gasteiger partial charge in [0.15, 0.2) is 11.5 Å². The molecule has 3 aromatic carbocycles. The van der Waals surface area contributed by atoms with E-state index in [2.05, 4.69) is 10.3 Å². The highest BCUT2D eigenvalue weighted by Gasteiger charge is 2.19. The molecule has 0 fully saturated rings. The zero-order chi connectivity index (χ0) is 26.1. The van der Waals surface area contributed by atoms with Crippen LogP contribution in [0.5, 0.6) is 23.0 Å². The van der Waals surface area contributed by atoms with Gasteiger partial charge >= 0.3 is 0 Å². The van der Waals surface area contributed by atoms with Crippen molar-refractivity contribution in [1.29, 1.82) is 0 Å². The molecule has 5 aromatic rings. The Morgan fingerprint density at radius 3 is 2.55 bits per heavy atom. The lowest BCUT2D eigenvalue weighted by molar-refractivity contribution is 0.102. The molecule has 0 radical (unpaired) electrons. The van der Waals surface area contributed by atoms with Gasteiger partial charge in [0.25, 0.3) is 11.5 Å². The predicted molar refractivity (Wildman–Crippen MR) is 139 cm³/mol. The Labute approximate surface area is 215 Å². The Bertz CT molecular complexity index is 1720. The summed E-state index contributed by atoms with van der Waals surface area (Å²) in [6, 6.07) is 20.7. The van der Waals surface area contributed by atoms with Crippen molar-refractivity contribution < 1.29 is 23.4 Å². The first kappa shape index (κ1) is 23.2. The second-order valence-corrected chi connectivity index (χ2v) is 8.45. The minimum Gasteiger partial charge on any atom is -0.486 e. The van der Waals surface area contributed by atoms with E-state index in [-0.39, 0.29) is 5.56 Å². The minimum atomic E-state index is -0.566. The number of hydrogen-bond acceptors (Lipinski definition) is 6. The molecule has 2 aromatic heterocycles. The first-order chi connectivity index (χ1) is 18.6. The highest BCUT2D eigenvalue weighted by atomic mass is 19.1. The van der Waals surface area contributed by atoms with E-state index < -0.39 is 17.3 Å². The molecular formula is C29H20FN3O5. The summed E-state index contributed by atoms with van der Waals surface area (Å²) in [5.74, 6) is 1.34. The van der Waals surface area contributed by atoms with Crippen LogP contribution in [0.15, 0.2) is 96.1 Å². The summed E-state index contributed by atoms with van der Waals surface area (Å²) in [5.41, 5.74) is 1.08. The van der Waals surface area contributed by atoms with Crippen LogP contribution in [0, 0.1) is 5.82 Å². The summed E-state index contributed by atoms with van der Waals surface area (Å²) in [6.07, 6.45) is 3.18. The number of rotatable bonds is 5. The third-order valence-corrected chi connectivity index (χ3v) is 6.01. The molecule has 3 heterocycles. The predicted octanol–water partition coefficient (Wildman–Crippen LogP) is 5.34. The van der Waals surface area contributed by atoms with Gasteiger partial charge in [0.05, 0.1) is 10.9 Å². The average molecular weight is 509 g/mol. The van der Waals surface area contributed by atoms with Crippen molar-refractivity contribution in [3.63, 3.8) is 0 Å². The van der Waals surface area contributed by atoms with Gasteiger partial charge in [0.1, 0.15) is 36.1 Å². The van der Waals surface area contributed by atoms with Crippen LogP contribution < -0.4 is 25.1 Å². The van der Waals surface area contributed by atoms with Crippen molar-refractivity contribution in [3.8, 4) is 28.7 Å². The van der Waals surface area contributed by atoms with Crippen LogP contribution in [-0.2, 0) is 0 Å². The second-order valence-electron chi connectivity index (χ2n) is 8.45. The number of hydrogen-bond donors (Lipinski definition) is 1. The lowest BCUT2D eigenvalue weighted by Crippen LogP contribution is -2.27. The van der Waals surface area contributed by atoms with Crippen molar-refractivity contribution in [3.05, 3.63) is 113 Å². The quantitative estimate of drug-likeness (QED) is 0.344. The number of amides is 1. The van der Waals surface area contributed by atoms with E-state index in [0.29, 0.717) is 58.5 Å². The maximum Gasteiger partial charge on any atom is 0.267 e. The van der Waals surface area contributed by atoms with Gasteiger partial charge in [-0.3, -0.25) is 19.1 Å². The summed E-state index contributed by atoms with van der Waals surface area (Å²) >= 11 is 0. The highest BCUT2D eigenvalue weighted by Crippen LogP contribution is 2.42. The highest BCUT2D eigenvalue weighted by molar-refractivity contribution is 6.04. The number of benzene rings is 3. The normalized spacial score (nSPS) is 12.2. The Kier molecular flexibility index (Phi) is 5.93. The van der Waals surface area contributed by atoms with Crippen molar-refractivity contribution >= 4 is 22.5 Å². The molecule has 9 heteroatoms. The van der Waals surface area contributed by atoms with E-state index in [1.165, 1.54) is 41.1 Å². The van der Waals surface area contributed by atoms with E-state index in [1.807, 2.05) is 12.1 Å². The van der Waals surface area contributed by atoms with Crippen LogP contribution >= 0.6 is 0 Å². The number of carbonyl (C=O) groups is 1. The Morgan fingerprint density at radius 1 is 0.947 bits per heavy atom. The molecule has 0 aliphatic carbocycles. The fourth-order valence-electron chi connectivity index (χ4n) is 4.21. The molecule has 0 saturated carbocycles. The topological polar surface area (TPSA) is 91.7 Å². The molecule has 0 atom stereocenters. The summed E-state index contributed by atoms with van der Waals surface area (Å²) in [5, 5.41) is 3.45. The minimum absolute atomic E-state index is 0.0487. The maximum atomic E-state index is 13.3. The van der Waals surface area contributed by atoms with E-state index in [9.17, 15) is 14.0 Å². The number of aromatic nitrogens is 2. The SMILES string of the molecule is O=C(Nc1ccc(Oc2ccnc3ccc4c(c23)OCCO4)cc1)c1cccn(-c2ccc(F)cc2)c1=O. The monoisotopic (exact) mass is 509 g/mol. The molecule has 188 valence electrons. The molecule has 1 N–H and O–H groups in total. The molecule has 38 heavy (non-hydrogen) atoms. The summed E-state index contributed by atoms with van der Waals surface area (Å²) in [4.78, 5) is 30.2. The van der Waals surface area contributed by atoms with Crippen LogP contribution in [0.3, 0.4) is 0 Å². The summed E-state index contributed by atoms with van der Waals surface area (Å²) in [7, 11) is 0. The average Bonchev–Trinajstić information content (AvgIpc) is 2.94. The van der Waals surface area contributed by atoms with Gasteiger partial charge in [0, 0.05) is 23.8 Å². The molecule has 1 amide bonds. The molecule has 1 aliphatic heterocycles. The van der Waals surface area contributed by atoms with Crippen LogP contribution in [-0.4, -0.2) is 28.7 Å². The molecule has 0 spiro atoms. The van der Waals surface area contributed by atoms with Gasteiger partial charge < -0.3 is 19.5 Å². The number of anilines is 1. The summed E-state index contributed by atoms with van der Waals surface area (Å²) < 4.78 is 32.2. The molecular weight excluding hydrogens is 489 g/mol. The standard InChI is InChI=1S/C29H20FN3O5/c30-18-3-7-20(8-4-18)33-15-1-2-22(29(33)35)28(34)32-19-5-9-21(10-6-19)38-24-13-14-31-23-11-12-25-27(26(23)24)37-17-16-36-25/h1-15H,16-17H2,(H,32,34). The number of nitrogens with zero attached hydrogens (tertiary/aromatic N) is 2. The van der Waals surface area contributed by atoms with Crippen LogP contribution in [0.2, 0.25) is 0 Å². The third-order valence-electron chi connectivity index (χ3n) is 6.01. The zero-order valence-electron chi connectivity index (χ0n) is 19.9. The van der Waals surface area contributed by atoms with E-state index in [4.69, 9.17) is 14.2 Å². The van der Waals surface area contributed by atoms with Crippen molar-refractivity contribution in [2.24, 2.45) is 0 Å². The first-order valence-electron chi connectivity index (χ1n) is 11.8. The molecule has 0 bridgehead atoms. The lowest BCUT2D eigenvalue weighted by atomic mass is 10.1. The molecule has 0 saturated heterocycles. The second kappa shape index (κ2) is 9.70. The van der Waals surface area contributed by atoms with Gasteiger partial charge in [-0.2, -0.15) is 0 Å². The molecule has 0 unspecified atom stereocenters. The van der Waals surface area contributed by atoms with Gasteiger partial charge in [0.2, 0.25) is 0 Å². The third kappa shape index (κ3) is 4.41. The van der Waals surface area contributed by atoms with Gasteiger partial charge in [-0.25, -0.2) is 4.39 Å². The molecule has 8 nitrogen and oxygen atoms in total. The van der Waals surface area contributed by atoms with Crippen LogP contribution in [0.4, 0.5) is 10.1 Å². The van der Waals surface area contributed by atoms with Gasteiger partial charge in [-0.1, -0.05) is 0 Å². The van der Waals surface area contributed by atoms with Gasteiger partial charge in [-0.05, 0) is 78.9 Å². The fourth-order valence-corrected chi connectivity index (χ4v) is 4.21. The maximum absolute atomic E-state index is 13.3. The van der Waals surface area contributed by atoms with Crippen molar-refractivity contribution in [2.75, 3.05) is 18.5 Å². The van der Waals surface area contributed by atoms with Crippen LogP contribution in [0.1, 0.15) is 10.4 Å². The number of fused-ring (bicyclic) bond motifs is 3. The zero-order valence-corrected chi connectivity index (χ0v) is 19.9. The van der Waals surface area contributed by atoms with E-state index >= 15 is 0 Å². The number of carbonyl (C=O) groups excluding carboxylic acids is 1. The number of pyridine rings is 2. The Hall–Kier alpha value is -5.18. The number of halogens is 1. The smallest absolute Gasteiger partial charge is 0.267 e. The Morgan fingerprint density at radius 2 is 1.74 bits per heavy atom. The van der Waals surface area contributed by atoms with E-state index in [1.54, 1.807) is 42.6 Å². The van der Waals surface area contributed by atoms with Crippen molar-refractivity contribution in [1.82, 2.24) is 9.55 Å². The van der Waals surface area contributed by atoms with E-state index in [0.717, 1.165) is 0 Å².